The molecule has 0 unspecified atom stereocenters. The first-order valence-corrected chi connectivity index (χ1v) is 8.46. The predicted octanol–water partition coefficient (Wildman–Crippen LogP) is 2.06. The van der Waals surface area contributed by atoms with Gasteiger partial charge in [-0.25, -0.2) is 13.1 Å². The van der Waals surface area contributed by atoms with Crippen LogP contribution in [0.25, 0.3) is 0 Å². The molecule has 3 N–H and O–H groups in total. The van der Waals surface area contributed by atoms with Crippen molar-refractivity contribution in [3.63, 3.8) is 0 Å². The highest BCUT2D eigenvalue weighted by molar-refractivity contribution is 7.91. The summed E-state index contributed by atoms with van der Waals surface area (Å²) >= 11 is 2.80. The van der Waals surface area contributed by atoms with Gasteiger partial charge in [-0.1, -0.05) is 0 Å². The molecule has 2 heterocycles. The molecule has 0 aromatic carbocycles. The summed E-state index contributed by atoms with van der Waals surface area (Å²) < 4.78 is 26.9. The molecule has 0 amide bonds. The van der Waals surface area contributed by atoms with Crippen molar-refractivity contribution in [2.75, 3.05) is 0 Å². The SMILES string of the molecule is Cc1ccc(CNS(=O)(=O)c2ccc(CN)s2)s1. The molecule has 0 aliphatic carbocycles. The fraction of sp³-hybridized carbons (Fsp3) is 0.273. The molecule has 18 heavy (non-hydrogen) atoms. The van der Waals surface area contributed by atoms with Crippen LogP contribution in [0.15, 0.2) is 28.5 Å². The van der Waals surface area contributed by atoms with Gasteiger partial charge in [-0.2, -0.15) is 0 Å². The van der Waals surface area contributed by atoms with E-state index in [-0.39, 0.29) is 0 Å². The van der Waals surface area contributed by atoms with Gasteiger partial charge in [0, 0.05) is 27.7 Å². The second-order valence-electron chi connectivity index (χ2n) is 3.76. The fourth-order valence-electron chi connectivity index (χ4n) is 1.43. The van der Waals surface area contributed by atoms with E-state index in [2.05, 4.69) is 4.72 Å². The molecule has 0 saturated carbocycles. The van der Waals surface area contributed by atoms with Crippen LogP contribution in [-0.2, 0) is 23.1 Å². The zero-order chi connectivity index (χ0) is 13.2. The van der Waals surface area contributed by atoms with E-state index in [1.807, 2.05) is 19.1 Å². The molecule has 4 nitrogen and oxygen atoms in total. The van der Waals surface area contributed by atoms with E-state index in [4.69, 9.17) is 5.73 Å². The Morgan fingerprint density at radius 3 is 2.44 bits per heavy atom. The highest BCUT2D eigenvalue weighted by Gasteiger charge is 2.16. The minimum Gasteiger partial charge on any atom is -0.326 e. The molecule has 0 spiro atoms. The van der Waals surface area contributed by atoms with Crippen molar-refractivity contribution in [3.05, 3.63) is 38.9 Å². The number of thiophene rings is 2. The number of sulfonamides is 1. The Hall–Kier alpha value is -0.730. The van der Waals surface area contributed by atoms with Crippen molar-refractivity contribution in [2.45, 2.75) is 24.2 Å². The zero-order valence-corrected chi connectivity index (χ0v) is 12.3. The largest absolute Gasteiger partial charge is 0.326 e. The molecular weight excluding hydrogens is 288 g/mol. The van der Waals surface area contributed by atoms with E-state index in [1.165, 1.54) is 16.2 Å². The Morgan fingerprint density at radius 1 is 1.17 bits per heavy atom. The van der Waals surface area contributed by atoms with Gasteiger partial charge in [-0.05, 0) is 31.2 Å². The van der Waals surface area contributed by atoms with Crippen molar-refractivity contribution in [3.8, 4) is 0 Å². The summed E-state index contributed by atoms with van der Waals surface area (Å²) in [5.41, 5.74) is 5.47. The summed E-state index contributed by atoms with van der Waals surface area (Å²) in [6.07, 6.45) is 0. The lowest BCUT2D eigenvalue weighted by Crippen LogP contribution is -2.21. The number of nitrogens with two attached hydrogens (primary N) is 1. The lowest BCUT2D eigenvalue weighted by atomic mass is 10.4. The molecule has 2 rings (SSSR count). The normalized spacial score (nSPS) is 11.9. The maximum Gasteiger partial charge on any atom is 0.250 e. The van der Waals surface area contributed by atoms with Gasteiger partial charge in [0.1, 0.15) is 4.21 Å². The quantitative estimate of drug-likeness (QED) is 0.888. The molecule has 2 aromatic heterocycles. The van der Waals surface area contributed by atoms with E-state index in [0.29, 0.717) is 17.3 Å². The minimum atomic E-state index is -3.42. The summed E-state index contributed by atoms with van der Waals surface area (Å²) in [4.78, 5) is 3.04. The van der Waals surface area contributed by atoms with E-state index in [9.17, 15) is 8.42 Å². The molecular formula is C11H14N2O2S3. The second-order valence-corrected chi connectivity index (χ2v) is 8.30. The monoisotopic (exact) mass is 302 g/mol. The summed E-state index contributed by atoms with van der Waals surface area (Å²) in [6.45, 7) is 2.69. The predicted molar refractivity (Wildman–Crippen MR) is 75.3 cm³/mol. The smallest absolute Gasteiger partial charge is 0.250 e. The van der Waals surface area contributed by atoms with Crippen LogP contribution in [-0.4, -0.2) is 8.42 Å². The molecule has 0 atom stereocenters. The second kappa shape index (κ2) is 5.50. The van der Waals surface area contributed by atoms with Crippen LogP contribution < -0.4 is 10.5 Å². The van der Waals surface area contributed by atoms with Gasteiger partial charge in [0.15, 0.2) is 0 Å². The Kier molecular flexibility index (Phi) is 4.18. The maximum atomic E-state index is 12.0. The molecule has 2 aromatic rings. The van der Waals surface area contributed by atoms with E-state index in [0.717, 1.165) is 9.75 Å². The first-order valence-electron chi connectivity index (χ1n) is 5.35. The lowest BCUT2D eigenvalue weighted by molar-refractivity contribution is 0.584. The minimum absolute atomic E-state index is 0.316. The molecule has 0 fully saturated rings. The third-order valence-corrected chi connectivity index (χ3v) is 6.34. The number of hydrogen-bond acceptors (Lipinski definition) is 5. The van der Waals surface area contributed by atoms with E-state index < -0.39 is 10.0 Å². The average molecular weight is 302 g/mol. The molecule has 0 aliphatic rings. The lowest BCUT2D eigenvalue weighted by Gasteiger charge is -2.02. The Labute approximate surface area is 115 Å². The van der Waals surface area contributed by atoms with E-state index in [1.54, 1.807) is 23.5 Å². The maximum absolute atomic E-state index is 12.0. The fourth-order valence-corrected chi connectivity index (χ4v) is 4.64. The Balaban J connectivity index is 2.07. The van der Waals surface area contributed by atoms with Gasteiger partial charge >= 0.3 is 0 Å². The van der Waals surface area contributed by atoms with E-state index >= 15 is 0 Å². The third kappa shape index (κ3) is 3.18. The molecule has 0 saturated heterocycles. The van der Waals surface area contributed by atoms with Crippen LogP contribution >= 0.6 is 22.7 Å². The number of rotatable bonds is 5. The van der Waals surface area contributed by atoms with Gasteiger partial charge in [0.2, 0.25) is 10.0 Å². The first kappa shape index (κ1) is 13.7. The molecule has 0 bridgehead atoms. The highest BCUT2D eigenvalue weighted by Crippen LogP contribution is 2.22. The van der Waals surface area contributed by atoms with Crippen LogP contribution in [0.3, 0.4) is 0 Å². The summed E-state index contributed by atoms with van der Waals surface area (Å²) in [5.74, 6) is 0. The molecule has 98 valence electrons. The number of aryl methyl sites for hydroxylation is 1. The van der Waals surface area contributed by atoms with Crippen molar-refractivity contribution in [1.29, 1.82) is 0 Å². The van der Waals surface area contributed by atoms with Crippen molar-refractivity contribution in [2.24, 2.45) is 5.73 Å². The third-order valence-electron chi connectivity index (χ3n) is 2.34. The Morgan fingerprint density at radius 2 is 1.89 bits per heavy atom. The van der Waals surface area contributed by atoms with Crippen molar-refractivity contribution >= 4 is 32.7 Å². The van der Waals surface area contributed by atoms with Crippen LogP contribution in [0.4, 0.5) is 0 Å². The van der Waals surface area contributed by atoms with Crippen LogP contribution in [0.1, 0.15) is 14.6 Å². The zero-order valence-electron chi connectivity index (χ0n) is 9.84. The van der Waals surface area contributed by atoms with Crippen molar-refractivity contribution < 1.29 is 8.42 Å². The topological polar surface area (TPSA) is 72.2 Å². The van der Waals surface area contributed by atoms with Gasteiger partial charge < -0.3 is 5.73 Å². The van der Waals surface area contributed by atoms with Crippen LogP contribution in [0.5, 0.6) is 0 Å². The summed E-state index contributed by atoms with van der Waals surface area (Å²) in [7, 11) is -3.42. The van der Waals surface area contributed by atoms with Crippen LogP contribution in [0, 0.1) is 6.92 Å². The first-order chi connectivity index (χ1) is 8.51. The highest BCUT2D eigenvalue weighted by atomic mass is 32.2. The molecule has 7 heteroatoms. The number of nitrogens with one attached hydrogen (secondary N) is 1. The summed E-state index contributed by atoms with van der Waals surface area (Å²) in [6, 6.07) is 7.25. The Bertz CT molecular complexity index is 628. The standard InChI is InChI=1S/C11H14N2O2S3/c1-8-2-3-10(16-8)7-13-18(14,15)11-5-4-9(6-12)17-11/h2-5,13H,6-7,12H2,1H3. The van der Waals surface area contributed by atoms with Crippen molar-refractivity contribution in [1.82, 2.24) is 4.72 Å². The van der Waals surface area contributed by atoms with Crippen LogP contribution in [0.2, 0.25) is 0 Å². The molecule has 0 aliphatic heterocycles. The average Bonchev–Trinajstić information content (AvgIpc) is 2.95. The van der Waals surface area contributed by atoms with Gasteiger partial charge in [0.25, 0.3) is 0 Å². The number of hydrogen-bond donors (Lipinski definition) is 2. The van der Waals surface area contributed by atoms with Gasteiger partial charge in [0.05, 0.1) is 0 Å². The van der Waals surface area contributed by atoms with Gasteiger partial charge in [-0.3, -0.25) is 0 Å². The van der Waals surface area contributed by atoms with Gasteiger partial charge in [-0.15, -0.1) is 22.7 Å². The molecule has 0 radical (unpaired) electrons. The summed E-state index contributed by atoms with van der Waals surface area (Å²) in [5, 5.41) is 0.